The number of aliphatic carboxylic acids is 1. The number of benzene rings is 1. The van der Waals surface area contributed by atoms with Crippen LogP contribution in [0.4, 0.5) is 0 Å². The molecule has 1 heterocycles. The van der Waals surface area contributed by atoms with E-state index >= 15 is 0 Å². The molecule has 1 aliphatic heterocycles. The van der Waals surface area contributed by atoms with Crippen molar-refractivity contribution in [2.24, 2.45) is 5.92 Å². The minimum Gasteiger partial charge on any atom is -0.481 e. The highest BCUT2D eigenvalue weighted by atomic mass is 16.4. The van der Waals surface area contributed by atoms with Crippen LogP contribution in [0, 0.1) is 5.92 Å². The first-order valence-electron chi connectivity index (χ1n) is 7.29. The van der Waals surface area contributed by atoms with Crippen molar-refractivity contribution in [3.63, 3.8) is 0 Å². The summed E-state index contributed by atoms with van der Waals surface area (Å²) in [5.41, 5.74) is 2.39. The van der Waals surface area contributed by atoms with Crippen molar-refractivity contribution in [2.75, 3.05) is 0 Å². The number of carboxylic acids is 1. The third-order valence-electron chi connectivity index (χ3n) is 3.92. The van der Waals surface area contributed by atoms with Crippen molar-refractivity contribution < 1.29 is 14.7 Å². The molecule has 21 heavy (non-hydrogen) atoms. The van der Waals surface area contributed by atoms with Gasteiger partial charge in [-0.25, -0.2) is 0 Å². The first-order valence-corrected chi connectivity index (χ1v) is 7.29. The summed E-state index contributed by atoms with van der Waals surface area (Å²) in [7, 11) is 0. The minimum atomic E-state index is -0.893. The summed E-state index contributed by atoms with van der Waals surface area (Å²) in [6, 6.07) is 7.41. The highest BCUT2D eigenvalue weighted by Crippen LogP contribution is 2.17. The molecule has 0 radical (unpaired) electrons. The third-order valence-corrected chi connectivity index (χ3v) is 3.92. The molecule has 5 nitrogen and oxygen atoms in total. The van der Waals surface area contributed by atoms with E-state index in [-0.39, 0.29) is 30.3 Å². The summed E-state index contributed by atoms with van der Waals surface area (Å²) in [4.78, 5) is 23.2. The van der Waals surface area contributed by atoms with Gasteiger partial charge in [0.15, 0.2) is 0 Å². The normalized spacial score (nSPS) is 18.9. The zero-order valence-electron chi connectivity index (χ0n) is 12.4. The van der Waals surface area contributed by atoms with Gasteiger partial charge in [-0.3, -0.25) is 9.59 Å². The molecule has 1 aromatic rings. The molecule has 0 fully saturated rings. The molecule has 1 unspecified atom stereocenters. The van der Waals surface area contributed by atoms with Gasteiger partial charge in [-0.15, -0.1) is 0 Å². The Morgan fingerprint density at radius 2 is 2.00 bits per heavy atom. The number of carboxylic acid groups (broad SMARTS) is 1. The molecular formula is C16H22N2O3. The third kappa shape index (κ3) is 4.04. The predicted molar refractivity (Wildman–Crippen MR) is 79.8 cm³/mol. The summed E-state index contributed by atoms with van der Waals surface area (Å²) >= 11 is 0. The lowest BCUT2D eigenvalue weighted by Gasteiger charge is -2.28. The lowest BCUT2D eigenvalue weighted by atomic mass is 9.94. The molecule has 1 aromatic carbocycles. The Morgan fingerprint density at radius 1 is 1.33 bits per heavy atom. The van der Waals surface area contributed by atoms with E-state index in [9.17, 15) is 9.59 Å². The van der Waals surface area contributed by atoms with Crippen LogP contribution in [0.2, 0.25) is 0 Å². The Labute approximate surface area is 124 Å². The maximum Gasteiger partial charge on any atom is 0.305 e. The SMILES string of the molecule is CC(C)C(CC(=O)O)NC(=O)[C@H]1Cc2ccccc2CN1. The molecule has 1 amide bonds. The van der Waals surface area contributed by atoms with E-state index in [4.69, 9.17) is 5.11 Å². The highest BCUT2D eigenvalue weighted by Gasteiger charge is 2.27. The fourth-order valence-corrected chi connectivity index (χ4v) is 2.56. The van der Waals surface area contributed by atoms with Crippen LogP contribution in [0.3, 0.4) is 0 Å². The van der Waals surface area contributed by atoms with Crippen LogP contribution < -0.4 is 10.6 Å². The molecule has 0 bridgehead atoms. The van der Waals surface area contributed by atoms with Gasteiger partial charge >= 0.3 is 5.97 Å². The molecule has 114 valence electrons. The number of fused-ring (bicyclic) bond motifs is 1. The number of rotatable bonds is 5. The van der Waals surface area contributed by atoms with Crippen LogP contribution in [0.25, 0.3) is 0 Å². The Bertz CT molecular complexity index is 528. The molecule has 0 saturated carbocycles. The number of nitrogens with one attached hydrogen (secondary N) is 2. The van der Waals surface area contributed by atoms with Gasteiger partial charge < -0.3 is 15.7 Å². The molecule has 0 saturated heterocycles. The van der Waals surface area contributed by atoms with Crippen molar-refractivity contribution in [3.8, 4) is 0 Å². The molecule has 0 spiro atoms. The van der Waals surface area contributed by atoms with Gasteiger partial charge in [-0.1, -0.05) is 38.1 Å². The fourth-order valence-electron chi connectivity index (χ4n) is 2.56. The molecule has 5 heteroatoms. The second-order valence-corrected chi connectivity index (χ2v) is 5.86. The van der Waals surface area contributed by atoms with E-state index in [2.05, 4.69) is 16.7 Å². The molecule has 1 aliphatic rings. The van der Waals surface area contributed by atoms with E-state index in [1.54, 1.807) is 0 Å². The molecule has 0 aliphatic carbocycles. The zero-order chi connectivity index (χ0) is 15.4. The average molecular weight is 290 g/mol. The van der Waals surface area contributed by atoms with Crippen molar-refractivity contribution in [1.82, 2.24) is 10.6 Å². The summed E-state index contributed by atoms with van der Waals surface area (Å²) in [6.07, 6.45) is 0.590. The average Bonchev–Trinajstić information content (AvgIpc) is 2.45. The lowest BCUT2D eigenvalue weighted by molar-refractivity contribution is -0.138. The first kappa shape index (κ1) is 15.5. The Morgan fingerprint density at radius 3 is 2.62 bits per heavy atom. The van der Waals surface area contributed by atoms with Crippen LogP contribution in [-0.4, -0.2) is 29.1 Å². The Kier molecular flexibility index (Phi) is 4.96. The zero-order valence-corrected chi connectivity index (χ0v) is 12.4. The van der Waals surface area contributed by atoms with Gasteiger partial charge in [0.1, 0.15) is 0 Å². The first-order chi connectivity index (χ1) is 9.97. The smallest absolute Gasteiger partial charge is 0.305 e. The van der Waals surface area contributed by atoms with E-state index in [0.717, 1.165) is 0 Å². The molecule has 2 atom stereocenters. The van der Waals surface area contributed by atoms with Crippen LogP contribution in [-0.2, 0) is 22.6 Å². The van der Waals surface area contributed by atoms with Crippen LogP contribution in [0.15, 0.2) is 24.3 Å². The maximum atomic E-state index is 12.3. The summed E-state index contributed by atoms with van der Waals surface area (Å²) in [5.74, 6) is -0.929. The van der Waals surface area contributed by atoms with Gasteiger partial charge in [0.25, 0.3) is 0 Å². The Hall–Kier alpha value is -1.88. The van der Waals surface area contributed by atoms with Gasteiger partial charge in [0.05, 0.1) is 12.5 Å². The van der Waals surface area contributed by atoms with Crippen LogP contribution in [0.1, 0.15) is 31.4 Å². The number of hydrogen-bond acceptors (Lipinski definition) is 3. The fraction of sp³-hybridized carbons (Fsp3) is 0.500. The predicted octanol–water partition coefficient (Wildman–Crippen LogP) is 1.32. The van der Waals surface area contributed by atoms with Crippen molar-refractivity contribution in [3.05, 3.63) is 35.4 Å². The Balaban J connectivity index is 1.99. The summed E-state index contributed by atoms with van der Waals surface area (Å²) in [5, 5.41) is 15.0. The van der Waals surface area contributed by atoms with Crippen molar-refractivity contribution >= 4 is 11.9 Å². The largest absolute Gasteiger partial charge is 0.481 e. The molecule has 2 rings (SSSR count). The lowest BCUT2D eigenvalue weighted by Crippen LogP contribution is -2.52. The quantitative estimate of drug-likeness (QED) is 0.764. The molecular weight excluding hydrogens is 268 g/mol. The maximum absolute atomic E-state index is 12.3. The second-order valence-electron chi connectivity index (χ2n) is 5.86. The monoisotopic (exact) mass is 290 g/mol. The van der Waals surface area contributed by atoms with Crippen LogP contribution in [0.5, 0.6) is 0 Å². The molecule has 3 N–H and O–H groups in total. The van der Waals surface area contributed by atoms with Gasteiger partial charge in [0.2, 0.25) is 5.91 Å². The van der Waals surface area contributed by atoms with E-state index in [0.29, 0.717) is 13.0 Å². The number of hydrogen-bond donors (Lipinski definition) is 3. The molecule has 0 aromatic heterocycles. The minimum absolute atomic E-state index is 0.0489. The van der Waals surface area contributed by atoms with E-state index < -0.39 is 5.97 Å². The second kappa shape index (κ2) is 6.72. The summed E-state index contributed by atoms with van der Waals surface area (Å²) < 4.78 is 0. The number of amides is 1. The number of carbonyl (C=O) groups excluding carboxylic acids is 1. The standard InChI is InChI=1S/C16H22N2O3/c1-10(2)13(8-15(19)20)18-16(21)14-7-11-5-3-4-6-12(11)9-17-14/h3-6,10,13-14,17H,7-9H2,1-2H3,(H,18,21)(H,19,20)/t13?,14-/m1/s1. The van der Waals surface area contributed by atoms with Crippen molar-refractivity contribution in [1.29, 1.82) is 0 Å². The van der Waals surface area contributed by atoms with E-state index in [1.165, 1.54) is 11.1 Å². The van der Waals surface area contributed by atoms with Gasteiger partial charge in [0, 0.05) is 12.6 Å². The van der Waals surface area contributed by atoms with Crippen molar-refractivity contribution in [2.45, 2.75) is 45.3 Å². The summed E-state index contributed by atoms with van der Waals surface area (Å²) in [6.45, 7) is 4.49. The van der Waals surface area contributed by atoms with E-state index in [1.807, 2.05) is 32.0 Å². The number of carbonyl (C=O) groups is 2. The topological polar surface area (TPSA) is 78.4 Å². The van der Waals surface area contributed by atoms with Gasteiger partial charge in [-0.05, 0) is 23.5 Å². The highest BCUT2D eigenvalue weighted by molar-refractivity contribution is 5.83. The van der Waals surface area contributed by atoms with Gasteiger partial charge in [-0.2, -0.15) is 0 Å². The van der Waals surface area contributed by atoms with Crippen LogP contribution >= 0.6 is 0 Å².